The van der Waals surface area contributed by atoms with Crippen LogP contribution < -0.4 is 10.1 Å². The lowest BCUT2D eigenvalue weighted by atomic mass is 10.1. The summed E-state index contributed by atoms with van der Waals surface area (Å²) >= 11 is 0. The Balaban J connectivity index is 1.67. The lowest BCUT2D eigenvalue weighted by Gasteiger charge is -2.27. The van der Waals surface area contributed by atoms with E-state index in [1.807, 2.05) is 0 Å². The van der Waals surface area contributed by atoms with Gasteiger partial charge < -0.3 is 15.0 Å². The molecule has 0 unspecified atom stereocenters. The Morgan fingerprint density at radius 3 is 2.50 bits per heavy atom. The molecule has 112 valence electrons. The lowest BCUT2D eigenvalue weighted by Crippen LogP contribution is -2.43. The predicted octanol–water partition coefficient (Wildman–Crippen LogP) is 2.56. The van der Waals surface area contributed by atoms with Crippen LogP contribution in [0.2, 0.25) is 0 Å². The third-order valence-electron chi connectivity index (χ3n) is 3.66. The summed E-state index contributed by atoms with van der Waals surface area (Å²) in [5.41, 5.74) is 1.41. The number of hydrogen-bond acceptors (Lipinski definition) is 3. The maximum absolute atomic E-state index is 5.71. The quantitative estimate of drug-likeness (QED) is 0.828. The molecule has 0 atom stereocenters. The molecule has 1 N–H and O–H groups in total. The number of rotatable bonds is 7. The first kappa shape index (κ1) is 15.3. The second kappa shape index (κ2) is 8.28. The maximum atomic E-state index is 5.71. The van der Waals surface area contributed by atoms with Crippen LogP contribution in [0.1, 0.15) is 25.8 Å². The summed E-state index contributed by atoms with van der Waals surface area (Å²) in [6, 6.07) is 8.60. The van der Waals surface area contributed by atoms with Gasteiger partial charge in [-0.3, -0.25) is 0 Å². The maximum Gasteiger partial charge on any atom is 0.119 e. The van der Waals surface area contributed by atoms with Crippen LogP contribution in [0.15, 0.2) is 24.3 Å². The average molecular weight is 276 g/mol. The summed E-state index contributed by atoms with van der Waals surface area (Å²) in [5, 5.41) is 3.39. The van der Waals surface area contributed by atoms with Gasteiger partial charge in [-0.25, -0.2) is 0 Å². The molecule has 20 heavy (non-hydrogen) atoms. The van der Waals surface area contributed by atoms with Gasteiger partial charge in [0, 0.05) is 26.2 Å². The van der Waals surface area contributed by atoms with Crippen LogP contribution in [-0.2, 0) is 6.42 Å². The summed E-state index contributed by atoms with van der Waals surface area (Å²) in [4.78, 5) is 2.55. The fourth-order valence-corrected chi connectivity index (χ4v) is 2.46. The normalized spacial score (nSPS) is 16.6. The Morgan fingerprint density at radius 2 is 1.85 bits per heavy atom. The van der Waals surface area contributed by atoms with Crippen LogP contribution >= 0.6 is 0 Å². The molecule has 0 aromatic heterocycles. The SMILES string of the molecule is CC(C)COc1ccc(CCCN2CCNCC2)cc1. The molecule has 2 rings (SSSR count). The van der Waals surface area contributed by atoms with E-state index >= 15 is 0 Å². The van der Waals surface area contributed by atoms with Crippen LogP contribution in [0.4, 0.5) is 0 Å². The van der Waals surface area contributed by atoms with E-state index in [1.165, 1.54) is 31.6 Å². The van der Waals surface area contributed by atoms with Crippen molar-refractivity contribution in [3.63, 3.8) is 0 Å². The van der Waals surface area contributed by atoms with E-state index in [1.54, 1.807) is 0 Å². The minimum atomic E-state index is 0.578. The highest BCUT2D eigenvalue weighted by molar-refractivity contribution is 5.27. The van der Waals surface area contributed by atoms with Gasteiger partial charge in [0.25, 0.3) is 0 Å². The molecule has 0 radical (unpaired) electrons. The van der Waals surface area contributed by atoms with Crippen molar-refractivity contribution < 1.29 is 4.74 Å². The van der Waals surface area contributed by atoms with Crippen molar-refractivity contribution in [2.24, 2.45) is 5.92 Å². The van der Waals surface area contributed by atoms with E-state index < -0.39 is 0 Å². The molecule has 0 aliphatic carbocycles. The van der Waals surface area contributed by atoms with E-state index in [-0.39, 0.29) is 0 Å². The Kier molecular flexibility index (Phi) is 6.34. The van der Waals surface area contributed by atoms with Gasteiger partial charge in [-0.05, 0) is 43.0 Å². The fourth-order valence-electron chi connectivity index (χ4n) is 2.46. The highest BCUT2D eigenvalue weighted by atomic mass is 16.5. The second-order valence-corrected chi connectivity index (χ2v) is 6.04. The molecule has 1 saturated heterocycles. The van der Waals surface area contributed by atoms with Crippen molar-refractivity contribution in [2.45, 2.75) is 26.7 Å². The largest absolute Gasteiger partial charge is 0.493 e. The number of nitrogens with one attached hydrogen (secondary N) is 1. The molecule has 1 aliphatic heterocycles. The summed E-state index contributed by atoms with van der Waals surface area (Å²) in [6.07, 6.45) is 2.40. The Hall–Kier alpha value is -1.06. The number of hydrogen-bond donors (Lipinski definition) is 1. The van der Waals surface area contributed by atoms with Gasteiger partial charge in [-0.15, -0.1) is 0 Å². The number of benzene rings is 1. The number of piperazine rings is 1. The van der Waals surface area contributed by atoms with Crippen molar-refractivity contribution in [3.05, 3.63) is 29.8 Å². The van der Waals surface area contributed by atoms with Crippen LogP contribution in [-0.4, -0.2) is 44.2 Å². The highest BCUT2D eigenvalue weighted by Crippen LogP contribution is 2.14. The molecule has 3 nitrogen and oxygen atoms in total. The smallest absolute Gasteiger partial charge is 0.119 e. The van der Waals surface area contributed by atoms with Crippen molar-refractivity contribution in [1.29, 1.82) is 0 Å². The van der Waals surface area contributed by atoms with Gasteiger partial charge in [0.15, 0.2) is 0 Å². The van der Waals surface area contributed by atoms with E-state index in [0.29, 0.717) is 5.92 Å². The first-order valence-corrected chi connectivity index (χ1v) is 7.89. The molecule has 0 spiro atoms. The monoisotopic (exact) mass is 276 g/mol. The molecule has 1 aromatic carbocycles. The summed E-state index contributed by atoms with van der Waals surface area (Å²) in [7, 11) is 0. The Labute approximate surface area is 123 Å². The van der Waals surface area contributed by atoms with Gasteiger partial charge >= 0.3 is 0 Å². The van der Waals surface area contributed by atoms with Gasteiger partial charge in [0.1, 0.15) is 5.75 Å². The van der Waals surface area contributed by atoms with E-state index in [0.717, 1.165) is 31.9 Å². The van der Waals surface area contributed by atoms with Gasteiger partial charge in [0.05, 0.1) is 6.61 Å². The lowest BCUT2D eigenvalue weighted by molar-refractivity contribution is 0.238. The molecule has 3 heteroatoms. The minimum Gasteiger partial charge on any atom is -0.493 e. The van der Waals surface area contributed by atoms with E-state index in [9.17, 15) is 0 Å². The standard InChI is InChI=1S/C17H28N2O/c1-15(2)14-20-17-7-5-16(6-8-17)4-3-11-19-12-9-18-10-13-19/h5-8,15,18H,3-4,9-14H2,1-2H3. The molecule has 1 fully saturated rings. The molecule has 0 bridgehead atoms. The summed E-state index contributed by atoms with van der Waals surface area (Å²) in [5.74, 6) is 1.57. The second-order valence-electron chi connectivity index (χ2n) is 6.04. The molecular weight excluding hydrogens is 248 g/mol. The zero-order valence-electron chi connectivity index (χ0n) is 12.9. The Bertz CT molecular complexity index is 369. The third-order valence-corrected chi connectivity index (χ3v) is 3.66. The van der Waals surface area contributed by atoms with E-state index in [4.69, 9.17) is 4.74 Å². The molecular formula is C17H28N2O. The minimum absolute atomic E-state index is 0.578. The van der Waals surface area contributed by atoms with Crippen molar-refractivity contribution in [1.82, 2.24) is 10.2 Å². The molecule has 1 aromatic rings. The van der Waals surface area contributed by atoms with Gasteiger partial charge in [0.2, 0.25) is 0 Å². The molecule has 0 amide bonds. The molecule has 1 aliphatic rings. The Morgan fingerprint density at radius 1 is 1.15 bits per heavy atom. The van der Waals surface area contributed by atoms with Gasteiger partial charge in [-0.1, -0.05) is 26.0 Å². The predicted molar refractivity (Wildman–Crippen MR) is 84.4 cm³/mol. The van der Waals surface area contributed by atoms with Crippen LogP contribution in [0.5, 0.6) is 5.75 Å². The zero-order valence-corrected chi connectivity index (χ0v) is 12.9. The van der Waals surface area contributed by atoms with Crippen molar-refractivity contribution in [2.75, 3.05) is 39.3 Å². The van der Waals surface area contributed by atoms with Crippen LogP contribution in [0, 0.1) is 5.92 Å². The summed E-state index contributed by atoms with van der Waals surface area (Å²) < 4.78 is 5.71. The number of aryl methyl sites for hydroxylation is 1. The number of ether oxygens (including phenoxy) is 1. The fraction of sp³-hybridized carbons (Fsp3) is 0.647. The topological polar surface area (TPSA) is 24.5 Å². The first-order valence-electron chi connectivity index (χ1n) is 7.89. The van der Waals surface area contributed by atoms with Crippen molar-refractivity contribution in [3.8, 4) is 5.75 Å². The van der Waals surface area contributed by atoms with Crippen LogP contribution in [0.25, 0.3) is 0 Å². The average Bonchev–Trinajstić information content (AvgIpc) is 2.47. The first-order chi connectivity index (χ1) is 9.74. The van der Waals surface area contributed by atoms with E-state index in [2.05, 4.69) is 48.3 Å². The summed E-state index contributed by atoms with van der Waals surface area (Å²) in [6.45, 7) is 11.0. The third kappa shape index (κ3) is 5.51. The highest BCUT2D eigenvalue weighted by Gasteiger charge is 2.08. The zero-order chi connectivity index (χ0) is 14.2. The molecule has 0 saturated carbocycles. The number of nitrogens with zero attached hydrogens (tertiary/aromatic N) is 1. The molecule has 1 heterocycles. The van der Waals surface area contributed by atoms with Gasteiger partial charge in [-0.2, -0.15) is 0 Å². The van der Waals surface area contributed by atoms with Crippen molar-refractivity contribution >= 4 is 0 Å². The van der Waals surface area contributed by atoms with Crippen LogP contribution in [0.3, 0.4) is 0 Å².